The van der Waals surface area contributed by atoms with Crippen molar-refractivity contribution in [1.82, 2.24) is 5.43 Å². The van der Waals surface area contributed by atoms with Crippen LogP contribution in [-0.2, 0) is 11.0 Å². The van der Waals surface area contributed by atoms with Crippen LogP contribution in [0.1, 0.15) is 18.9 Å². The van der Waals surface area contributed by atoms with Gasteiger partial charge in [-0.2, -0.15) is 18.3 Å². The van der Waals surface area contributed by atoms with Gasteiger partial charge in [-0.1, -0.05) is 0 Å². The lowest BCUT2D eigenvalue weighted by Crippen LogP contribution is -2.47. The van der Waals surface area contributed by atoms with Crippen molar-refractivity contribution < 1.29 is 22.9 Å². The second-order valence-electron chi connectivity index (χ2n) is 4.90. The van der Waals surface area contributed by atoms with Crippen LogP contribution in [0.25, 0.3) is 0 Å². The number of carbonyl (C=O) groups excluding carboxylic acids is 1. The van der Waals surface area contributed by atoms with E-state index >= 15 is 0 Å². The molecule has 2 N–H and O–H groups in total. The SMILES string of the molecule is CC1(C(=O)Nc2ccc([N+](=O)[O-])c(C(F)(F)F)c2)CC=NN1. The van der Waals surface area contributed by atoms with E-state index in [4.69, 9.17) is 0 Å². The van der Waals surface area contributed by atoms with Crippen LogP contribution in [0.3, 0.4) is 0 Å². The van der Waals surface area contributed by atoms with Crippen molar-refractivity contribution in [2.45, 2.75) is 25.1 Å². The first-order valence-corrected chi connectivity index (χ1v) is 6.09. The largest absolute Gasteiger partial charge is 0.423 e. The number of hydrogen-bond acceptors (Lipinski definition) is 5. The van der Waals surface area contributed by atoms with Crippen molar-refractivity contribution >= 4 is 23.5 Å². The first-order valence-electron chi connectivity index (χ1n) is 6.09. The molecule has 10 heteroatoms. The third-order valence-electron chi connectivity index (χ3n) is 3.16. The molecule has 1 aliphatic rings. The number of anilines is 1. The third-order valence-corrected chi connectivity index (χ3v) is 3.16. The van der Waals surface area contributed by atoms with Crippen LogP contribution >= 0.6 is 0 Å². The van der Waals surface area contributed by atoms with Gasteiger partial charge >= 0.3 is 6.18 Å². The summed E-state index contributed by atoms with van der Waals surface area (Å²) in [7, 11) is 0. The van der Waals surface area contributed by atoms with Gasteiger partial charge < -0.3 is 5.32 Å². The van der Waals surface area contributed by atoms with Crippen LogP contribution in [0.5, 0.6) is 0 Å². The van der Waals surface area contributed by atoms with Crippen molar-refractivity contribution in [1.29, 1.82) is 0 Å². The Morgan fingerprint density at radius 3 is 2.68 bits per heavy atom. The van der Waals surface area contributed by atoms with E-state index in [2.05, 4.69) is 15.8 Å². The molecular weight excluding hydrogens is 305 g/mol. The molecule has 1 aromatic rings. The average molecular weight is 316 g/mol. The number of amides is 1. The first-order chi connectivity index (χ1) is 10.1. The Morgan fingerprint density at radius 2 is 2.18 bits per heavy atom. The summed E-state index contributed by atoms with van der Waals surface area (Å²) in [6.45, 7) is 1.53. The maximum Gasteiger partial charge on any atom is 0.423 e. The van der Waals surface area contributed by atoms with Gasteiger partial charge in [0, 0.05) is 24.4 Å². The van der Waals surface area contributed by atoms with Crippen LogP contribution < -0.4 is 10.7 Å². The lowest BCUT2D eigenvalue weighted by Gasteiger charge is -2.22. The maximum atomic E-state index is 12.9. The number of hydrogen-bond donors (Lipinski definition) is 2. The van der Waals surface area contributed by atoms with Crippen molar-refractivity contribution in [3.8, 4) is 0 Å². The van der Waals surface area contributed by atoms with Crippen LogP contribution in [-0.4, -0.2) is 22.6 Å². The van der Waals surface area contributed by atoms with Gasteiger partial charge in [0.2, 0.25) is 0 Å². The molecule has 0 aromatic heterocycles. The van der Waals surface area contributed by atoms with E-state index in [1.165, 1.54) is 13.1 Å². The second kappa shape index (κ2) is 5.28. The predicted octanol–water partition coefficient (Wildman–Crippen LogP) is 2.29. The summed E-state index contributed by atoms with van der Waals surface area (Å²) in [6, 6.07) is 2.29. The summed E-state index contributed by atoms with van der Waals surface area (Å²) < 4.78 is 38.6. The van der Waals surface area contributed by atoms with E-state index in [-0.39, 0.29) is 12.1 Å². The minimum absolute atomic E-state index is 0.183. The molecule has 22 heavy (non-hydrogen) atoms. The quantitative estimate of drug-likeness (QED) is 0.660. The zero-order valence-electron chi connectivity index (χ0n) is 11.3. The minimum atomic E-state index is -4.90. The van der Waals surface area contributed by atoms with Crippen LogP contribution in [0.2, 0.25) is 0 Å². The molecule has 0 spiro atoms. The van der Waals surface area contributed by atoms with Gasteiger partial charge in [-0.25, -0.2) is 0 Å². The van der Waals surface area contributed by atoms with Crippen LogP contribution in [0.15, 0.2) is 23.3 Å². The Morgan fingerprint density at radius 1 is 1.50 bits per heavy atom. The molecular formula is C12H11F3N4O3. The molecule has 1 aromatic carbocycles. The normalized spacial score (nSPS) is 20.5. The molecule has 1 aliphatic heterocycles. The molecule has 1 unspecified atom stereocenters. The van der Waals surface area contributed by atoms with Crippen molar-refractivity contribution in [2.24, 2.45) is 5.10 Å². The number of carbonyl (C=O) groups is 1. The Bertz CT molecular complexity index is 650. The fourth-order valence-corrected chi connectivity index (χ4v) is 1.87. The summed E-state index contributed by atoms with van der Waals surface area (Å²) in [5.41, 5.74) is -1.19. The summed E-state index contributed by atoms with van der Waals surface area (Å²) in [5, 5.41) is 16.6. The monoisotopic (exact) mass is 316 g/mol. The molecule has 0 fully saturated rings. The highest BCUT2D eigenvalue weighted by Crippen LogP contribution is 2.37. The van der Waals surface area contributed by atoms with E-state index in [1.807, 2.05) is 0 Å². The molecule has 1 heterocycles. The number of nitrogens with one attached hydrogen (secondary N) is 2. The van der Waals surface area contributed by atoms with Gasteiger partial charge in [0.05, 0.1) is 4.92 Å². The maximum absolute atomic E-state index is 12.9. The summed E-state index contributed by atoms with van der Waals surface area (Å²) in [5.74, 6) is -0.591. The third kappa shape index (κ3) is 3.00. The molecule has 2 rings (SSSR count). The zero-order valence-corrected chi connectivity index (χ0v) is 11.3. The fraction of sp³-hybridized carbons (Fsp3) is 0.333. The molecule has 1 amide bonds. The van der Waals surface area contributed by atoms with E-state index in [9.17, 15) is 28.1 Å². The Labute approximate surface area is 122 Å². The highest BCUT2D eigenvalue weighted by Gasteiger charge is 2.39. The lowest BCUT2D eigenvalue weighted by molar-refractivity contribution is -0.388. The zero-order chi connectivity index (χ0) is 16.5. The molecule has 118 valence electrons. The summed E-state index contributed by atoms with van der Waals surface area (Å²) in [6.07, 6.45) is -3.16. The Balaban J connectivity index is 2.29. The highest BCUT2D eigenvalue weighted by atomic mass is 19.4. The summed E-state index contributed by atoms with van der Waals surface area (Å²) >= 11 is 0. The fourth-order valence-electron chi connectivity index (χ4n) is 1.87. The topological polar surface area (TPSA) is 96.6 Å². The summed E-state index contributed by atoms with van der Waals surface area (Å²) in [4.78, 5) is 21.6. The van der Waals surface area contributed by atoms with Gasteiger partial charge in [0.1, 0.15) is 11.1 Å². The molecule has 0 aliphatic carbocycles. The minimum Gasteiger partial charge on any atom is -0.324 e. The number of rotatable bonds is 3. The molecule has 1 atom stereocenters. The molecule has 0 saturated carbocycles. The van der Waals surface area contributed by atoms with E-state index in [0.29, 0.717) is 12.1 Å². The first kappa shape index (κ1) is 15.7. The Hall–Kier alpha value is -2.65. The second-order valence-corrected chi connectivity index (χ2v) is 4.90. The van der Waals surface area contributed by atoms with Gasteiger partial charge in [0.25, 0.3) is 11.6 Å². The Kier molecular flexibility index (Phi) is 3.77. The number of nitro benzene ring substituents is 1. The van der Waals surface area contributed by atoms with E-state index < -0.39 is 33.8 Å². The van der Waals surface area contributed by atoms with Crippen molar-refractivity contribution in [3.05, 3.63) is 33.9 Å². The average Bonchev–Trinajstić information content (AvgIpc) is 2.85. The highest BCUT2D eigenvalue weighted by molar-refractivity contribution is 6.00. The van der Waals surface area contributed by atoms with Crippen LogP contribution in [0, 0.1) is 10.1 Å². The van der Waals surface area contributed by atoms with Gasteiger partial charge in [-0.15, -0.1) is 0 Å². The molecule has 0 bridgehead atoms. The number of alkyl halides is 3. The van der Waals surface area contributed by atoms with Crippen molar-refractivity contribution in [2.75, 3.05) is 5.32 Å². The van der Waals surface area contributed by atoms with E-state index in [0.717, 1.165) is 6.07 Å². The van der Waals surface area contributed by atoms with Crippen molar-refractivity contribution in [3.63, 3.8) is 0 Å². The smallest absolute Gasteiger partial charge is 0.324 e. The lowest BCUT2D eigenvalue weighted by atomic mass is 9.99. The van der Waals surface area contributed by atoms with Gasteiger partial charge in [-0.3, -0.25) is 20.3 Å². The molecule has 0 saturated heterocycles. The van der Waals surface area contributed by atoms with E-state index in [1.54, 1.807) is 0 Å². The number of benzene rings is 1. The van der Waals surface area contributed by atoms with Gasteiger partial charge in [0.15, 0.2) is 0 Å². The number of nitro groups is 1. The standard InChI is InChI=1S/C12H11F3N4O3/c1-11(4-5-16-18-11)10(20)17-7-2-3-9(19(21)22)8(6-7)12(13,14)15/h2-3,5-6,18H,4H2,1H3,(H,17,20). The number of nitrogens with zero attached hydrogens (tertiary/aromatic N) is 2. The van der Waals surface area contributed by atoms with Crippen LogP contribution in [0.4, 0.5) is 24.5 Å². The number of halogens is 3. The molecule has 0 radical (unpaired) electrons. The van der Waals surface area contributed by atoms with Gasteiger partial charge in [-0.05, 0) is 19.1 Å². The predicted molar refractivity (Wildman–Crippen MR) is 71.4 cm³/mol. The number of hydrazone groups is 1. The molecule has 7 nitrogen and oxygen atoms in total.